The van der Waals surface area contributed by atoms with Crippen LogP contribution < -0.4 is 4.74 Å². The van der Waals surface area contributed by atoms with Crippen molar-refractivity contribution in [2.75, 3.05) is 6.61 Å². The monoisotopic (exact) mass is 393 g/mol. The van der Waals surface area contributed by atoms with Gasteiger partial charge in [-0.25, -0.2) is 4.79 Å². The molecule has 2 aromatic rings. The molecule has 0 N–H and O–H groups in total. The molecule has 3 atom stereocenters. The zero-order valence-electron chi connectivity index (χ0n) is 17.0. The summed E-state index contributed by atoms with van der Waals surface area (Å²) in [4.78, 5) is 12.3. The maximum absolute atomic E-state index is 12.3. The van der Waals surface area contributed by atoms with Crippen molar-refractivity contribution >= 4 is 5.97 Å². The maximum atomic E-state index is 12.3. The van der Waals surface area contributed by atoms with E-state index in [9.17, 15) is 4.79 Å². The average Bonchev–Trinajstić information content (AvgIpc) is 2.75. The van der Waals surface area contributed by atoms with E-state index in [0.29, 0.717) is 29.4 Å². The smallest absolute Gasteiger partial charge is 0.343 e. The molecule has 0 radical (unpaired) electrons. The molecule has 5 nitrogen and oxygen atoms in total. The molecule has 3 unspecified atom stereocenters. The Morgan fingerprint density at radius 1 is 1.14 bits per heavy atom. The predicted molar refractivity (Wildman–Crippen MR) is 109 cm³/mol. The third-order valence-corrected chi connectivity index (χ3v) is 5.25. The van der Waals surface area contributed by atoms with Gasteiger partial charge in [0.25, 0.3) is 0 Å². The van der Waals surface area contributed by atoms with Crippen molar-refractivity contribution in [1.29, 1.82) is 5.26 Å². The highest BCUT2D eigenvalue weighted by molar-refractivity contribution is 5.91. The summed E-state index contributed by atoms with van der Waals surface area (Å²) >= 11 is 0. The summed E-state index contributed by atoms with van der Waals surface area (Å²) < 4.78 is 17.4. The number of esters is 1. The summed E-state index contributed by atoms with van der Waals surface area (Å²) in [5.41, 5.74) is 1.85. The molecule has 0 spiro atoms. The van der Waals surface area contributed by atoms with Crippen LogP contribution >= 0.6 is 0 Å². The Morgan fingerprint density at radius 2 is 1.86 bits per heavy atom. The number of carbonyl (C=O) groups is 1. The highest BCUT2D eigenvalue weighted by atomic mass is 16.7. The van der Waals surface area contributed by atoms with Crippen molar-refractivity contribution in [1.82, 2.24) is 0 Å². The Balaban J connectivity index is 1.55. The summed E-state index contributed by atoms with van der Waals surface area (Å²) in [5, 5.41) is 8.82. The fraction of sp³-hybridized carbons (Fsp3) is 0.417. The van der Waals surface area contributed by atoms with Crippen molar-refractivity contribution in [3.63, 3.8) is 0 Å². The third kappa shape index (κ3) is 5.66. The number of rotatable bonds is 7. The van der Waals surface area contributed by atoms with E-state index in [-0.39, 0.29) is 6.10 Å². The second-order valence-corrected chi connectivity index (χ2v) is 7.41. The van der Waals surface area contributed by atoms with E-state index in [0.717, 1.165) is 12.0 Å². The summed E-state index contributed by atoms with van der Waals surface area (Å²) in [5.74, 6) is 0.385. The van der Waals surface area contributed by atoms with Gasteiger partial charge in [-0.1, -0.05) is 38.3 Å². The van der Waals surface area contributed by atoms with Crippen LogP contribution in [-0.2, 0) is 9.47 Å². The Bertz CT molecular complexity index is 839. The summed E-state index contributed by atoms with van der Waals surface area (Å²) in [6.07, 6.45) is 4.53. The van der Waals surface area contributed by atoms with E-state index >= 15 is 0 Å². The molecular formula is C24H27NO4. The number of nitriles is 1. The van der Waals surface area contributed by atoms with E-state index < -0.39 is 12.3 Å². The first-order valence-corrected chi connectivity index (χ1v) is 10.2. The first kappa shape index (κ1) is 21.0. The Hall–Kier alpha value is -2.68. The van der Waals surface area contributed by atoms with Crippen LogP contribution in [0, 0.1) is 17.2 Å². The lowest BCUT2D eigenvalue weighted by molar-refractivity contribution is -0.237. The minimum atomic E-state index is -0.448. The van der Waals surface area contributed by atoms with Gasteiger partial charge in [-0.15, -0.1) is 0 Å². The number of nitrogens with zero attached hydrogens (tertiary/aromatic N) is 1. The van der Waals surface area contributed by atoms with Crippen molar-refractivity contribution < 1.29 is 19.0 Å². The SMILES string of the molecule is CCCCCC1COC(c2ccc(C(=O)Oc3ccc(C#N)cc3)cc2)OC1C. The van der Waals surface area contributed by atoms with Crippen LogP contribution in [0.4, 0.5) is 0 Å². The van der Waals surface area contributed by atoms with Gasteiger partial charge in [0.15, 0.2) is 6.29 Å². The number of ether oxygens (including phenoxy) is 3. The zero-order valence-corrected chi connectivity index (χ0v) is 17.0. The normalized spacial score (nSPS) is 21.3. The van der Waals surface area contributed by atoms with Crippen molar-refractivity contribution in [3.8, 4) is 11.8 Å². The number of carbonyl (C=O) groups excluding carboxylic acids is 1. The molecule has 0 aromatic heterocycles. The molecule has 1 aliphatic rings. The van der Waals surface area contributed by atoms with E-state index in [1.54, 1.807) is 36.4 Å². The first-order chi connectivity index (χ1) is 14.1. The maximum Gasteiger partial charge on any atom is 0.343 e. The van der Waals surface area contributed by atoms with Crippen LogP contribution in [0.2, 0.25) is 0 Å². The molecule has 5 heteroatoms. The van der Waals surface area contributed by atoms with Gasteiger partial charge < -0.3 is 14.2 Å². The van der Waals surface area contributed by atoms with Gasteiger partial charge in [0.05, 0.1) is 29.9 Å². The minimum Gasteiger partial charge on any atom is -0.423 e. The van der Waals surface area contributed by atoms with Crippen LogP contribution in [0.3, 0.4) is 0 Å². The Kier molecular flexibility index (Phi) is 7.40. The third-order valence-electron chi connectivity index (χ3n) is 5.25. The van der Waals surface area contributed by atoms with Gasteiger partial charge in [-0.3, -0.25) is 0 Å². The molecule has 0 bridgehead atoms. The molecule has 0 amide bonds. The molecule has 152 valence electrons. The molecule has 0 aliphatic carbocycles. The summed E-state index contributed by atoms with van der Waals surface area (Å²) in [6.45, 7) is 5.00. The van der Waals surface area contributed by atoms with Crippen molar-refractivity contribution in [2.24, 2.45) is 5.92 Å². The molecule has 0 saturated carbocycles. The highest BCUT2D eigenvalue weighted by Gasteiger charge is 2.29. The molecule has 1 heterocycles. The van der Waals surface area contributed by atoms with E-state index in [2.05, 4.69) is 13.8 Å². The molecule has 1 aliphatic heterocycles. The first-order valence-electron chi connectivity index (χ1n) is 10.2. The second-order valence-electron chi connectivity index (χ2n) is 7.41. The van der Waals surface area contributed by atoms with E-state index in [1.165, 1.54) is 19.3 Å². The quantitative estimate of drug-likeness (QED) is 0.357. The van der Waals surface area contributed by atoms with Gasteiger partial charge >= 0.3 is 5.97 Å². The molecule has 1 saturated heterocycles. The lowest BCUT2D eigenvalue weighted by atomic mass is 9.96. The lowest BCUT2D eigenvalue weighted by Gasteiger charge is -2.35. The van der Waals surface area contributed by atoms with E-state index in [1.807, 2.05) is 18.2 Å². The standard InChI is InChI=1S/C24H27NO4/c1-3-4-5-6-21-16-27-24(28-17(21)2)20-11-9-19(10-12-20)23(26)29-22-13-7-18(15-25)8-14-22/h7-14,17,21,24H,3-6,16H2,1-2H3. The highest BCUT2D eigenvalue weighted by Crippen LogP contribution is 2.31. The molecule has 1 fully saturated rings. The van der Waals surface area contributed by atoms with Crippen LogP contribution in [0.1, 0.15) is 67.3 Å². The second kappa shape index (κ2) is 10.2. The number of benzene rings is 2. The average molecular weight is 393 g/mol. The number of hydrogen-bond acceptors (Lipinski definition) is 5. The number of hydrogen-bond donors (Lipinski definition) is 0. The fourth-order valence-electron chi connectivity index (χ4n) is 3.38. The van der Waals surface area contributed by atoms with Gasteiger partial charge in [0, 0.05) is 11.5 Å². The minimum absolute atomic E-state index is 0.145. The van der Waals surface area contributed by atoms with Gasteiger partial charge in [-0.2, -0.15) is 5.26 Å². The zero-order chi connectivity index (χ0) is 20.6. The molecule has 2 aromatic carbocycles. The topological polar surface area (TPSA) is 68.5 Å². The molecule has 29 heavy (non-hydrogen) atoms. The predicted octanol–water partition coefficient (Wildman–Crippen LogP) is 5.41. The largest absolute Gasteiger partial charge is 0.423 e. The Labute approximate surface area is 172 Å². The van der Waals surface area contributed by atoms with Crippen LogP contribution in [-0.4, -0.2) is 18.7 Å². The van der Waals surface area contributed by atoms with Gasteiger partial charge in [-0.05, 0) is 49.7 Å². The number of unbranched alkanes of at least 4 members (excludes halogenated alkanes) is 2. The van der Waals surface area contributed by atoms with Crippen LogP contribution in [0.25, 0.3) is 0 Å². The fourth-order valence-corrected chi connectivity index (χ4v) is 3.38. The van der Waals surface area contributed by atoms with Gasteiger partial charge in [0.2, 0.25) is 0 Å². The van der Waals surface area contributed by atoms with Crippen molar-refractivity contribution in [2.45, 2.75) is 51.9 Å². The van der Waals surface area contributed by atoms with Crippen LogP contribution in [0.15, 0.2) is 48.5 Å². The summed E-state index contributed by atoms with van der Waals surface area (Å²) in [7, 11) is 0. The van der Waals surface area contributed by atoms with Gasteiger partial charge in [0.1, 0.15) is 5.75 Å². The van der Waals surface area contributed by atoms with Crippen LogP contribution in [0.5, 0.6) is 5.75 Å². The van der Waals surface area contributed by atoms with E-state index in [4.69, 9.17) is 19.5 Å². The molecule has 3 rings (SSSR count). The molecular weight excluding hydrogens is 366 g/mol. The van der Waals surface area contributed by atoms with Crippen molar-refractivity contribution in [3.05, 3.63) is 65.2 Å². The lowest BCUT2D eigenvalue weighted by Crippen LogP contribution is -2.34. The Morgan fingerprint density at radius 3 is 2.48 bits per heavy atom. The summed E-state index contributed by atoms with van der Waals surface area (Å²) in [6, 6.07) is 15.6.